The first-order chi connectivity index (χ1) is 7.83. The molecule has 0 aromatic heterocycles. The minimum Gasteiger partial charge on any atom is -0.494 e. The van der Waals surface area contributed by atoms with Crippen molar-refractivity contribution in [3.05, 3.63) is 23.8 Å². The predicted molar refractivity (Wildman–Crippen MR) is 62.6 cm³/mol. The van der Waals surface area contributed by atoms with Gasteiger partial charge in [-0.05, 0) is 31.0 Å². The first-order valence-electron chi connectivity index (χ1n) is 5.57. The molecule has 86 valence electrons. The van der Waals surface area contributed by atoms with Gasteiger partial charge in [-0.15, -0.1) is 0 Å². The molecule has 1 heterocycles. The van der Waals surface area contributed by atoms with Gasteiger partial charge in [-0.3, -0.25) is 0 Å². The molecule has 0 saturated heterocycles. The van der Waals surface area contributed by atoms with Crippen molar-refractivity contribution in [1.82, 2.24) is 0 Å². The molecule has 0 bridgehead atoms. The summed E-state index contributed by atoms with van der Waals surface area (Å²) in [6, 6.07) is 5.72. The van der Waals surface area contributed by atoms with Crippen LogP contribution in [0.4, 0.5) is 0 Å². The Bertz CT molecular complexity index is 359. The first kappa shape index (κ1) is 11.5. The lowest BCUT2D eigenvalue weighted by Gasteiger charge is -2.10. The minimum atomic E-state index is -0.847. The van der Waals surface area contributed by atoms with Gasteiger partial charge >= 0.3 is 7.12 Å². The van der Waals surface area contributed by atoms with Gasteiger partial charge in [-0.1, -0.05) is 12.1 Å². The molecule has 0 unspecified atom stereocenters. The van der Waals surface area contributed by atoms with Gasteiger partial charge in [0.2, 0.25) is 0 Å². The summed E-state index contributed by atoms with van der Waals surface area (Å²) in [5, 5.41) is 9.64. The van der Waals surface area contributed by atoms with Crippen molar-refractivity contribution < 1.29 is 14.4 Å². The third kappa shape index (κ3) is 2.37. The molecule has 2 rings (SSSR count). The Kier molecular flexibility index (Phi) is 3.82. The van der Waals surface area contributed by atoms with Crippen LogP contribution in [0.5, 0.6) is 5.75 Å². The van der Waals surface area contributed by atoms with Crippen molar-refractivity contribution >= 4 is 12.6 Å². The number of rotatable bonds is 5. The van der Waals surface area contributed by atoms with Crippen molar-refractivity contribution in [1.29, 1.82) is 0 Å². The van der Waals surface area contributed by atoms with E-state index in [0.717, 1.165) is 29.6 Å². The number of nitrogens with two attached hydrogens (primary N) is 1. The van der Waals surface area contributed by atoms with Gasteiger partial charge in [0.25, 0.3) is 0 Å². The van der Waals surface area contributed by atoms with Crippen LogP contribution in [0.15, 0.2) is 18.2 Å². The molecule has 0 amide bonds. The molecule has 1 aromatic carbocycles. The van der Waals surface area contributed by atoms with E-state index in [1.165, 1.54) is 0 Å². The van der Waals surface area contributed by atoms with Crippen LogP contribution in [0, 0.1) is 0 Å². The molecular weight excluding hydrogens is 205 g/mol. The van der Waals surface area contributed by atoms with Crippen LogP contribution in [-0.4, -0.2) is 25.3 Å². The highest BCUT2D eigenvalue weighted by atomic mass is 16.5. The molecule has 1 aliphatic rings. The highest BCUT2D eigenvalue weighted by Crippen LogP contribution is 2.18. The average molecular weight is 221 g/mol. The van der Waals surface area contributed by atoms with Crippen LogP contribution >= 0.6 is 0 Å². The Labute approximate surface area is 95.5 Å². The average Bonchev–Trinajstić information content (AvgIpc) is 2.68. The van der Waals surface area contributed by atoms with Gasteiger partial charge in [0.05, 0.1) is 13.2 Å². The van der Waals surface area contributed by atoms with Gasteiger partial charge in [-0.25, -0.2) is 0 Å². The Morgan fingerprint density at radius 1 is 1.44 bits per heavy atom. The van der Waals surface area contributed by atoms with Crippen molar-refractivity contribution in [2.24, 2.45) is 5.73 Å². The molecule has 0 atom stereocenters. The van der Waals surface area contributed by atoms with Crippen LogP contribution in [0.25, 0.3) is 0 Å². The van der Waals surface area contributed by atoms with Gasteiger partial charge in [0.1, 0.15) is 5.75 Å². The van der Waals surface area contributed by atoms with E-state index in [9.17, 15) is 5.02 Å². The zero-order chi connectivity index (χ0) is 11.4. The maximum Gasteiger partial charge on any atom is 0.495 e. The molecular formula is C11H16BNO3. The second-order valence-electron chi connectivity index (χ2n) is 3.84. The quantitative estimate of drug-likeness (QED) is 0.543. The van der Waals surface area contributed by atoms with E-state index in [1.54, 1.807) is 0 Å². The molecule has 5 heteroatoms. The summed E-state index contributed by atoms with van der Waals surface area (Å²) in [5.41, 5.74) is 7.18. The number of hydrogen-bond acceptors (Lipinski definition) is 4. The maximum atomic E-state index is 9.64. The Hall–Kier alpha value is -1.04. The van der Waals surface area contributed by atoms with Gasteiger partial charge in [-0.2, -0.15) is 0 Å². The van der Waals surface area contributed by atoms with E-state index in [1.807, 2.05) is 18.2 Å². The molecule has 0 radical (unpaired) electrons. The third-order valence-corrected chi connectivity index (χ3v) is 2.66. The van der Waals surface area contributed by atoms with Crippen molar-refractivity contribution in [3.8, 4) is 5.75 Å². The Morgan fingerprint density at radius 3 is 3.12 bits per heavy atom. The summed E-state index contributed by atoms with van der Waals surface area (Å²) in [4.78, 5) is 0. The van der Waals surface area contributed by atoms with Crippen molar-refractivity contribution in [2.75, 3.05) is 13.2 Å². The number of benzene rings is 1. The molecule has 4 nitrogen and oxygen atoms in total. The normalized spacial score (nSPS) is 14.0. The van der Waals surface area contributed by atoms with E-state index in [2.05, 4.69) is 0 Å². The summed E-state index contributed by atoms with van der Waals surface area (Å²) >= 11 is 0. The highest BCUT2D eigenvalue weighted by molar-refractivity contribution is 6.62. The summed E-state index contributed by atoms with van der Waals surface area (Å²) in [7, 11) is -0.847. The highest BCUT2D eigenvalue weighted by Gasteiger charge is 2.30. The number of hydrogen-bond donors (Lipinski definition) is 2. The van der Waals surface area contributed by atoms with Crippen LogP contribution in [0.3, 0.4) is 0 Å². The van der Waals surface area contributed by atoms with E-state index in [4.69, 9.17) is 15.1 Å². The Balaban J connectivity index is 2.02. The number of unbranched alkanes of at least 4 members (excludes halogenated alkanes) is 1. The fourth-order valence-electron chi connectivity index (χ4n) is 1.80. The van der Waals surface area contributed by atoms with E-state index >= 15 is 0 Å². The van der Waals surface area contributed by atoms with Crippen LogP contribution in [0.1, 0.15) is 18.4 Å². The minimum absolute atomic E-state index is 0.455. The van der Waals surface area contributed by atoms with Crippen LogP contribution < -0.4 is 15.9 Å². The van der Waals surface area contributed by atoms with Gasteiger partial charge in [0.15, 0.2) is 0 Å². The molecule has 16 heavy (non-hydrogen) atoms. The molecule has 0 fully saturated rings. The van der Waals surface area contributed by atoms with E-state index in [0.29, 0.717) is 19.8 Å². The summed E-state index contributed by atoms with van der Waals surface area (Å²) in [6.45, 7) is 1.76. The molecule has 0 spiro atoms. The van der Waals surface area contributed by atoms with E-state index in [-0.39, 0.29) is 0 Å². The van der Waals surface area contributed by atoms with Gasteiger partial charge < -0.3 is 20.1 Å². The van der Waals surface area contributed by atoms with Crippen molar-refractivity contribution in [2.45, 2.75) is 19.4 Å². The summed E-state index contributed by atoms with van der Waals surface area (Å²) in [5.74, 6) is 0.722. The van der Waals surface area contributed by atoms with Crippen molar-refractivity contribution in [3.63, 3.8) is 0 Å². The lowest BCUT2D eigenvalue weighted by atomic mass is 9.79. The molecule has 1 aromatic rings. The third-order valence-electron chi connectivity index (χ3n) is 2.66. The fourth-order valence-corrected chi connectivity index (χ4v) is 1.80. The zero-order valence-electron chi connectivity index (χ0n) is 9.19. The van der Waals surface area contributed by atoms with Crippen LogP contribution in [0.2, 0.25) is 0 Å². The first-order valence-corrected chi connectivity index (χ1v) is 5.57. The summed E-state index contributed by atoms with van der Waals surface area (Å²) < 4.78 is 10.8. The summed E-state index contributed by atoms with van der Waals surface area (Å²) in [6.07, 6.45) is 1.88. The monoisotopic (exact) mass is 221 g/mol. The maximum absolute atomic E-state index is 9.64. The second kappa shape index (κ2) is 5.34. The smallest absolute Gasteiger partial charge is 0.494 e. The largest absolute Gasteiger partial charge is 0.495 e. The molecule has 0 aliphatic carbocycles. The zero-order valence-corrected chi connectivity index (χ0v) is 9.19. The Morgan fingerprint density at radius 2 is 2.31 bits per heavy atom. The molecule has 1 aliphatic heterocycles. The fraction of sp³-hybridized carbons (Fsp3) is 0.455. The van der Waals surface area contributed by atoms with Crippen LogP contribution in [-0.2, 0) is 11.3 Å². The van der Waals surface area contributed by atoms with Gasteiger partial charge in [0, 0.05) is 5.46 Å². The number of ether oxygens (including phenoxy) is 1. The molecule has 3 N–H and O–H groups in total. The second-order valence-corrected chi connectivity index (χ2v) is 3.84. The number of fused-ring (bicyclic) bond motifs is 1. The van der Waals surface area contributed by atoms with E-state index < -0.39 is 7.12 Å². The SMILES string of the molecule is NCCCCOc1cccc2c1B(O)OC2. The lowest BCUT2D eigenvalue weighted by molar-refractivity contribution is 0.274. The lowest BCUT2D eigenvalue weighted by Crippen LogP contribution is -2.30. The predicted octanol–water partition coefficient (Wildman–Crippen LogP) is 0.0220. The topological polar surface area (TPSA) is 64.7 Å². The standard InChI is InChI=1S/C11H16BNO3/c13-6-1-2-7-15-10-5-3-4-9-8-16-12(14)11(9)10/h3-5,14H,1-2,6-8,13H2. The molecule has 0 saturated carbocycles.